The van der Waals surface area contributed by atoms with Crippen molar-refractivity contribution in [3.8, 4) is 0 Å². The first-order valence-corrected chi connectivity index (χ1v) is 6.52. The Morgan fingerprint density at radius 1 is 1.33 bits per heavy atom. The van der Waals surface area contributed by atoms with Gasteiger partial charge in [0.05, 0.1) is 10.1 Å². The van der Waals surface area contributed by atoms with Crippen LogP contribution in [0.2, 0.25) is 0 Å². The fourth-order valence-corrected chi connectivity index (χ4v) is 3.65. The highest BCUT2D eigenvalue weighted by Crippen LogP contribution is 2.39. The lowest BCUT2D eigenvalue weighted by atomic mass is 10.2. The van der Waals surface area contributed by atoms with E-state index in [-0.39, 0.29) is 17.8 Å². The van der Waals surface area contributed by atoms with Crippen LogP contribution >= 0.6 is 0 Å². The molecular weight excluding hydrogens is 212 g/mol. The fourth-order valence-electron chi connectivity index (χ4n) is 1.69. The predicted molar refractivity (Wildman–Crippen MR) is 57.3 cm³/mol. The monoisotopic (exact) mass is 226 g/mol. The average Bonchev–Trinajstić information content (AvgIpc) is 2.98. The average molecular weight is 226 g/mol. The lowest BCUT2D eigenvalue weighted by molar-refractivity contribution is 0.277. The zero-order valence-electron chi connectivity index (χ0n) is 8.55. The summed E-state index contributed by atoms with van der Waals surface area (Å²) < 4.78 is 23.9. The second-order valence-corrected chi connectivity index (χ2v) is 6.24. The van der Waals surface area contributed by atoms with Crippen molar-refractivity contribution in [1.29, 1.82) is 0 Å². The smallest absolute Gasteiger partial charge is 0.181 e. The maximum Gasteiger partial charge on any atom is 0.181 e. The van der Waals surface area contributed by atoms with Crippen LogP contribution in [0.4, 0.5) is 0 Å². The molecule has 2 rings (SSSR count). The third-order valence-corrected chi connectivity index (χ3v) is 5.14. The fraction of sp³-hybridized carbons (Fsp3) is 0.455. The quantitative estimate of drug-likeness (QED) is 0.841. The molecule has 0 aromatic heterocycles. The van der Waals surface area contributed by atoms with E-state index in [1.54, 1.807) is 24.3 Å². The largest absolute Gasteiger partial charge is 0.396 e. The molecule has 4 heteroatoms. The molecule has 0 spiro atoms. The normalized spacial score (nSPS) is 25.2. The number of hydrogen-bond donors (Lipinski definition) is 1. The minimum Gasteiger partial charge on any atom is -0.396 e. The zero-order valence-corrected chi connectivity index (χ0v) is 9.37. The Kier molecular flexibility index (Phi) is 2.56. The zero-order chi connectivity index (χ0) is 11.1. The molecule has 1 N–H and O–H groups in total. The summed E-state index contributed by atoms with van der Waals surface area (Å²) >= 11 is 0. The molecule has 0 amide bonds. The molecule has 0 heterocycles. The lowest BCUT2D eigenvalue weighted by Crippen LogP contribution is -2.10. The number of aliphatic hydroxyl groups excluding tert-OH is 1. The van der Waals surface area contributed by atoms with Crippen molar-refractivity contribution in [3.63, 3.8) is 0 Å². The Hall–Kier alpha value is -0.870. The molecule has 1 aromatic carbocycles. The van der Waals surface area contributed by atoms with E-state index >= 15 is 0 Å². The van der Waals surface area contributed by atoms with Crippen molar-refractivity contribution in [2.24, 2.45) is 5.92 Å². The van der Waals surface area contributed by atoms with Crippen LogP contribution in [0, 0.1) is 12.8 Å². The van der Waals surface area contributed by atoms with Gasteiger partial charge in [-0.25, -0.2) is 8.42 Å². The van der Waals surface area contributed by atoms with E-state index in [1.165, 1.54) is 0 Å². The Bertz CT molecular complexity index is 447. The number of hydrogen-bond acceptors (Lipinski definition) is 3. The molecule has 1 aliphatic carbocycles. The molecule has 2 atom stereocenters. The SMILES string of the molecule is Cc1ccc(S(=O)(=O)[C@H]2C[C@H]2CO)cc1. The van der Waals surface area contributed by atoms with Gasteiger partial charge >= 0.3 is 0 Å². The molecule has 0 bridgehead atoms. The Balaban J connectivity index is 2.27. The van der Waals surface area contributed by atoms with Gasteiger partial charge in [0.1, 0.15) is 0 Å². The number of aryl methyl sites for hydroxylation is 1. The van der Waals surface area contributed by atoms with E-state index < -0.39 is 9.84 Å². The molecule has 0 unspecified atom stereocenters. The van der Waals surface area contributed by atoms with E-state index in [0.717, 1.165) is 5.56 Å². The van der Waals surface area contributed by atoms with E-state index in [0.29, 0.717) is 11.3 Å². The van der Waals surface area contributed by atoms with E-state index in [9.17, 15) is 8.42 Å². The van der Waals surface area contributed by atoms with Crippen molar-refractivity contribution in [1.82, 2.24) is 0 Å². The first-order chi connectivity index (χ1) is 7.05. The van der Waals surface area contributed by atoms with Gasteiger partial charge in [-0.1, -0.05) is 17.7 Å². The van der Waals surface area contributed by atoms with E-state index in [2.05, 4.69) is 0 Å². The molecular formula is C11H14O3S. The molecule has 1 saturated carbocycles. The van der Waals surface area contributed by atoms with Gasteiger partial charge in [0.25, 0.3) is 0 Å². The van der Waals surface area contributed by atoms with Gasteiger partial charge in [-0.3, -0.25) is 0 Å². The maximum absolute atomic E-state index is 12.0. The number of rotatable bonds is 3. The first kappa shape index (κ1) is 10.6. The Morgan fingerprint density at radius 2 is 1.93 bits per heavy atom. The summed E-state index contributed by atoms with van der Waals surface area (Å²) in [7, 11) is -3.20. The summed E-state index contributed by atoms with van der Waals surface area (Å²) in [6.45, 7) is 1.89. The van der Waals surface area contributed by atoms with Gasteiger partial charge in [0, 0.05) is 12.5 Å². The number of sulfone groups is 1. The third-order valence-electron chi connectivity index (χ3n) is 2.84. The summed E-state index contributed by atoms with van der Waals surface area (Å²) in [6.07, 6.45) is 0.590. The topological polar surface area (TPSA) is 54.4 Å². The molecule has 1 aromatic rings. The van der Waals surface area contributed by atoms with Crippen molar-refractivity contribution in [2.45, 2.75) is 23.5 Å². The van der Waals surface area contributed by atoms with Gasteiger partial charge in [0.2, 0.25) is 0 Å². The standard InChI is InChI=1S/C11H14O3S/c1-8-2-4-10(5-3-8)15(13,14)11-6-9(11)7-12/h2-5,9,11-12H,6-7H2,1H3/t9-,11-/m0/s1. The van der Waals surface area contributed by atoms with Crippen LogP contribution in [0.25, 0.3) is 0 Å². The highest BCUT2D eigenvalue weighted by molar-refractivity contribution is 7.92. The molecule has 15 heavy (non-hydrogen) atoms. The summed E-state index contributed by atoms with van der Waals surface area (Å²) in [5.74, 6) is -0.0590. The highest BCUT2D eigenvalue weighted by atomic mass is 32.2. The van der Waals surface area contributed by atoms with Crippen molar-refractivity contribution in [2.75, 3.05) is 6.61 Å². The summed E-state index contributed by atoms with van der Waals surface area (Å²) in [5.41, 5.74) is 1.04. The number of aliphatic hydroxyl groups is 1. The predicted octanol–water partition coefficient (Wildman–Crippen LogP) is 1.15. The molecule has 0 aliphatic heterocycles. The maximum atomic E-state index is 12.0. The highest BCUT2D eigenvalue weighted by Gasteiger charge is 2.47. The first-order valence-electron chi connectivity index (χ1n) is 4.97. The van der Waals surface area contributed by atoms with Crippen LogP contribution in [0.5, 0.6) is 0 Å². The molecule has 0 radical (unpaired) electrons. The molecule has 0 saturated heterocycles. The van der Waals surface area contributed by atoms with Crippen molar-refractivity contribution >= 4 is 9.84 Å². The van der Waals surface area contributed by atoms with Gasteiger partial charge in [-0.15, -0.1) is 0 Å². The van der Waals surface area contributed by atoms with Gasteiger partial charge in [-0.2, -0.15) is 0 Å². The summed E-state index contributed by atoms with van der Waals surface area (Å²) in [6, 6.07) is 6.86. The summed E-state index contributed by atoms with van der Waals surface area (Å²) in [5, 5.41) is 8.50. The molecule has 82 valence electrons. The molecule has 1 aliphatic rings. The Labute approximate surface area is 89.7 Å². The molecule has 1 fully saturated rings. The van der Waals surface area contributed by atoms with Crippen LogP contribution in [-0.4, -0.2) is 25.4 Å². The summed E-state index contributed by atoms with van der Waals surface area (Å²) in [4.78, 5) is 0.369. The van der Waals surface area contributed by atoms with Gasteiger partial charge < -0.3 is 5.11 Å². The Morgan fingerprint density at radius 3 is 2.40 bits per heavy atom. The van der Waals surface area contributed by atoms with Gasteiger partial charge in [-0.05, 0) is 25.5 Å². The van der Waals surface area contributed by atoms with Crippen LogP contribution in [0.15, 0.2) is 29.2 Å². The van der Waals surface area contributed by atoms with Crippen LogP contribution < -0.4 is 0 Å². The third kappa shape index (κ3) is 1.92. The second kappa shape index (κ2) is 3.61. The van der Waals surface area contributed by atoms with Crippen LogP contribution in [-0.2, 0) is 9.84 Å². The van der Waals surface area contributed by atoms with Crippen molar-refractivity contribution in [3.05, 3.63) is 29.8 Å². The van der Waals surface area contributed by atoms with Crippen LogP contribution in [0.3, 0.4) is 0 Å². The second-order valence-electron chi connectivity index (χ2n) is 4.07. The lowest BCUT2D eigenvalue weighted by Gasteiger charge is -2.03. The minimum absolute atomic E-state index is 0.0320. The minimum atomic E-state index is -3.20. The van der Waals surface area contributed by atoms with Crippen LogP contribution in [0.1, 0.15) is 12.0 Å². The molecule has 3 nitrogen and oxygen atoms in total. The van der Waals surface area contributed by atoms with Gasteiger partial charge in [0.15, 0.2) is 9.84 Å². The van der Waals surface area contributed by atoms with Crippen molar-refractivity contribution < 1.29 is 13.5 Å². The van der Waals surface area contributed by atoms with E-state index in [4.69, 9.17) is 5.11 Å². The van der Waals surface area contributed by atoms with E-state index in [1.807, 2.05) is 6.92 Å². The number of benzene rings is 1.